The molecule has 1 heterocycles. The van der Waals surface area contributed by atoms with E-state index in [-0.39, 0.29) is 0 Å². The number of rotatable bonds is 4. The lowest BCUT2D eigenvalue weighted by molar-refractivity contribution is 0.284. The van der Waals surface area contributed by atoms with Crippen molar-refractivity contribution in [2.75, 3.05) is 0 Å². The van der Waals surface area contributed by atoms with Gasteiger partial charge >= 0.3 is 0 Å². The van der Waals surface area contributed by atoms with Crippen LogP contribution in [0.5, 0.6) is 0 Å². The predicted molar refractivity (Wildman–Crippen MR) is 83.0 cm³/mol. The highest BCUT2D eigenvalue weighted by atomic mass is 35.5. The lowest BCUT2D eigenvalue weighted by atomic mass is 9.76. The van der Waals surface area contributed by atoms with Crippen molar-refractivity contribution in [3.63, 3.8) is 0 Å². The molecule has 106 valence electrons. The first-order valence-corrected chi connectivity index (χ1v) is 7.92. The van der Waals surface area contributed by atoms with Crippen molar-refractivity contribution in [1.82, 2.24) is 9.55 Å². The highest BCUT2D eigenvalue weighted by Crippen LogP contribution is 2.39. The van der Waals surface area contributed by atoms with Gasteiger partial charge in [0.1, 0.15) is 0 Å². The van der Waals surface area contributed by atoms with Gasteiger partial charge in [0.15, 0.2) is 0 Å². The first kappa shape index (κ1) is 13.7. The van der Waals surface area contributed by atoms with Gasteiger partial charge in [0.25, 0.3) is 0 Å². The third-order valence-corrected chi connectivity index (χ3v) is 4.83. The van der Waals surface area contributed by atoms with E-state index in [4.69, 9.17) is 11.6 Å². The van der Waals surface area contributed by atoms with Crippen LogP contribution >= 0.6 is 11.6 Å². The predicted octanol–water partition coefficient (Wildman–Crippen LogP) is 4.90. The maximum Gasteiger partial charge on any atom is 0.0946 e. The molecule has 1 aliphatic rings. The van der Waals surface area contributed by atoms with Gasteiger partial charge < -0.3 is 4.57 Å². The van der Waals surface area contributed by atoms with Crippen LogP contribution in [-0.2, 0) is 6.54 Å². The fourth-order valence-corrected chi connectivity index (χ4v) is 3.71. The largest absolute Gasteiger partial charge is 0.337 e. The normalized spacial score (nSPS) is 18.1. The Morgan fingerprint density at radius 2 is 2.00 bits per heavy atom. The lowest BCUT2D eigenvalue weighted by Crippen LogP contribution is -2.21. The van der Waals surface area contributed by atoms with Crippen molar-refractivity contribution in [2.24, 2.45) is 5.92 Å². The minimum absolute atomic E-state index is 0.498. The van der Waals surface area contributed by atoms with E-state index in [2.05, 4.69) is 21.7 Å². The van der Waals surface area contributed by atoms with Crippen molar-refractivity contribution >= 4 is 11.6 Å². The van der Waals surface area contributed by atoms with Crippen LogP contribution in [0.15, 0.2) is 43.0 Å². The minimum atomic E-state index is 0.498. The van der Waals surface area contributed by atoms with Gasteiger partial charge in [-0.25, -0.2) is 4.98 Å². The SMILES string of the molecule is Clc1ccccc1C(Cn1ccnc1)C1CCCCC1. The standard InChI is InChI=1S/C17H21ClN2/c18-17-9-5-4-8-15(17)16(12-20-11-10-19-13-20)14-6-2-1-3-7-14/h4-5,8-11,13-14,16H,1-3,6-7,12H2. The van der Waals surface area contributed by atoms with Crippen molar-refractivity contribution in [3.8, 4) is 0 Å². The minimum Gasteiger partial charge on any atom is -0.337 e. The number of hydrogen-bond donors (Lipinski definition) is 0. The highest BCUT2D eigenvalue weighted by molar-refractivity contribution is 6.31. The van der Waals surface area contributed by atoms with E-state index >= 15 is 0 Å². The van der Waals surface area contributed by atoms with Crippen LogP contribution in [-0.4, -0.2) is 9.55 Å². The van der Waals surface area contributed by atoms with E-state index in [0.717, 1.165) is 17.5 Å². The number of hydrogen-bond acceptors (Lipinski definition) is 1. The number of halogens is 1. The third-order valence-electron chi connectivity index (χ3n) is 4.49. The Morgan fingerprint density at radius 3 is 2.70 bits per heavy atom. The summed E-state index contributed by atoms with van der Waals surface area (Å²) in [6.45, 7) is 0.981. The zero-order chi connectivity index (χ0) is 13.8. The molecule has 1 atom stereocenters. The molecular weight excluding hydrogens is 268 g/mol. The summed E-state index contributed by atoms with van der Waals surface area (Å²) in [5, 5.41) is 0.906. The monoisotopic (exact) mass is 288 g/mol. The van der Waals surface area contributed by atoms with E-state index in [0.29, 0.717) is 5.92 Å². The Hall–Kier alpha value is -1.28. The Balaban J connectivity index is 1.88. The zero-order valence-electron chi connectivity index (χ0n) is 11.7. The molecule has 1 saturated carbocycles. The summed E-state index contributed by atoms with van der Waals surface area (Å²) < 4.78 is 2.18. The van der Waals surface area contributed by atoms with Gasteiger partial charge in [-0.05, 0) is 30.4 Å². The number of aromatic nitrogens is 2. The van der Waals surface area contributed by atoms with Gasteiger partial charge in [-0.15, -0.1) is 0 Å². The maximum absolute atomic E-state index is 6.45. The maximum atomic E-state index is 6.45. The van der Waals surface area contributed by atoms with Gasteiger partial charge in [0.05, 0.1) is 6.33 Å². The summed E-state index contributed by atoms with van der Waals surface area (Å²) >= 11 is 6.45. The molecule has 20 heavy (non-hydrogen) atoms. The average molecular weight is 289 g/mol. The summed E-state index contributed by atoms with van der Waals surface area (Å²) in [7, 11) is 0. The van der Waals surface area contributed by atoms with Crippen molar-refractivity contribution in [2.45, 2.75) is 44.6 Å². The van der Waals surface area contributed by atoms with Crippen LogP contribution < -0.4 is 0 Å². The van der Waals surface area contributed by atoms with Gasteiger partial charge in [-0.3, -0.25) is 0 Å². The molecule has 0 radical (unpaired) electrons. The van der Waals surface area contributed by atoms with Gasteiger partial charge in [-0.2, -0.15) is 0 Å². The molecule has 0 amide bonds. The summed E-state index contributed by atoms with van der Waals surface area (Å²) in [4.78, 5) is 4.17. The fraction of sp³-hybridized carbons (Fsp3) is 0.471. The molecule has 1 aromatic carbocycles. The van der Waals surface area contributed by atoms with Crippen molar-refractivity contribution < 1.29 is 0 Å². The van der Waals surface area contributed by atoms with Crippen molar-refractivity contribution in [3.05, 3.63) is 53.6 Å². The first-order valence-electron chi connectivity index (χ1n) is 7.55. The Kier molecular flexibility index (Phi) is 4.41. The van der Waals surface area contributed by atoms with E-state index in [9.17, 15) is 0 Å². The molecule has 1 aromatic heterocycles. The Bertz CT molecular complexity index is 530. The van der Waals surface area contributed by atoms with E-state index in [1.54, 1.807) is 0 Å². The van der Waals surface area contributed by atoms with Crippen molar-refractivity contribution in [1.29, 1.82) is 0 Å². The van der Waals surface area contributed by atoms with E-state index < -0.39 is 0 Å². The molecule has 0 spiro atoms. The van der Waals surface area contributed by atoms with Crippen LogP contribution in [0.2, 0.25) is 5.02 Å². The molecule has 3 heteroatoms. The van der Waals surface area contributed by atoms with Crippen LogP contribution in [0.3, 0.4) is 0 Å². The molecule has 2 nitrogen and oxygen atoms in total. The molecule has 0 bridgehead atoms. The molecule has 1 aliphatic carbocycles. The fourth-order valence-electron chi connectivity index (χ4n) is 3.44. The lowest BCUT2D eigenvalue weighted by Gasteiger charge is -2.31. The molecule has 1 fully saturated rings. The smallest absolute Gasteiger partial charge is 0.0946 e. The second-order valence-corrected chi connectivity index (χ2v) is 6.19. The molecular formula is C17H21ClN2. The van der Waals surface area contributed by atoms with Gasteiger partial charge in [-0.1, -0.05) is 49.1 Å². The quantitative estimate of drug-likeness (QED) is 0.782. The first-order chi connectivity index (χ1) is 9.84. The Morgan fingerprint density at radius 1 is 1.20 bits per heavy atom. The molecule has 2 aromatic rings. The summed E-state index contributed by atoms with van der Waals surface area (Å²) in [6, 6.07) is 8.32. The van der Waals surface area contributed by atoms with Crippen LogP contribution in [0.4, 0.5) is 0 Å². The van der Waals surface area contributed by atoms with E-state index in [1.165, 1.54) is 37.7 Å². The summed E-state index contributed by atoms with van der Waals surface area (Å²) in [5.74, 6) is 1.24. The number of benzene rings is 1. The van der Waals surface area contributed by atoms with Crippen LogP contribution in [0.25, 0.3) is 0 Å². The number of imidazole rings is 1. The van der Waals surface area contributed by atoms with Gasteiger partial charge in [0, 0.05) is 29.9 Å². The molecule has 3 rings (SSSR count). The molecule has 0 aliphatic heterocycles. The molecule has 0 N–H and O–H groups in total. The molecule has 0 saturated heterocycles. The average Bonchev–Trinajstić information content (AvgIpc) is 3.00. The molecule has 1 unspecified atom stereocenters. The zero-order valence-corrected chi connectivity index (χ0v) is 12.5. The van der Waals surface area contributed by atoms with Crippen LogP contribution in [0.1, 0.15) is 43.6 Å². The number of nitrogens with zero attached hydrogens (tertiary/aromatic N) is 2. The second-order valence-electron chi connectivity index (χ2n) is 5.79. The third kappa shape index (κ3) is 3.06. The highest BCUT2D eigenvalue weighted by Gasteiger charge is 2.26. The summed E-state index contributed by atoms with van der Waals surface area (Å²) in [5.41, 5.74) is 1.30. The van der Waals surface area contributed by atoms with E-state index in [1.807, 2.05) is 30.9 Å². The van der Waals surface area contributed by atoms with Crippen LogP contribution in [0, 0.1) is 5.92 Å². The Labute approximate surface area is 125 Å². The summed E-state index contributed by atoms with van der Waals surface area (Å²) in [6.07, 6.45) is 12.6. The van der Waals surface area contributed by atoms with Gasteiger partial charge in [0.2, 0.25) is 0 Å². The second kappa shape index (κ2) is 6.45. The topological polar surface area (TPSA) is 17.8 Å².